The molecule has 0 fully saturated rings. The van der Waals surface area contributed by atoms with Crippen molar-refractivity contribution in [1.82, 2.24) is 9.97 Å². The summed E-state index contributed by atoms with van der Waals surface area (Å²) in [5, 5.41) is 2.65. The highest BCUT2D eigenvalue weighted by Crippen LogP contribution is 2.19. The molecule has 0 radical (unpaired) electrons. The van der Waals surface area contributed by atoms with Crippen molar-refractivity contribution in [2.45, 2.75) is 11.8 Å². The minimum atomic E-state index is -3.89. The number of sulfonamides is 1. The molecule has 0 aliphatic rings. The van der Waals surface area contributed by atoms with Gasteiger partial charge in [0.2, 0.25) is 11.8 Å². The standard InChI is InChI=1S/C22H20N4O6S/c1-15(27)32-18-8-3-16(4-9-18)5-12-21(28)25-17-6-10-19(11-7-17)33(29,30)26-20-13-22(31-2)24-14-23-20/h3-14H,1-2H3,(H,25,28)(H,23,24,26)/b12-5+. The lowest BCUT2D eigenvalue weighted by atomic mass is 10.2. The third kappa shape index (κ3) is 6.87. The highest BCUT2D eigenvalue weighted by molar-refractivity contribution is 7.92. The van der Waals surface area contributed by atoms with Gasteiger partial charge in [-0.05, 0) is 48.0 Å². The molecule has 0 saturated heterocycles. The van der Waals surface area contributed by atoms with Gasteiger partial charge in [-0.15, -0.1) is 0 Å². The second-order valence-electron chi connectivity index (χ2n) is 6.56. The summed E-state index contributed by atoms with van der Waals surface area (Å²) in [7, 11) is -2.49. The molecular formula is C22H20N4O6S. The average molecular weight is 468 g/mol. The van der Waals surface area contributed by atoms with Gasteiger partial charge in [-0.2, -0.15) is 0 Å². The summed E-state index contributed by atoms with van der Waals surface area (Å²) in [6, 6.07) is 13.6. The Hall–Kier alpha value is -4.25. The van der Waals surface area contributed by atoms with Crippen molar-refractivity contribution in [3.8, 4) is 11.6 Å². The predicted octanol–water partition coefficient (Wildman–Crippen LogP) is 2.86. The molecule has 2 N–H and O–H groups in total. The maximum Gasteiger partial charge on any atom is 0.308 e. The number of rotatable bonds is 8. The fraction of sp³-hybridized carbons (Fsp3) is 0.0909. The number of methoxy groups -OCH3 is 1. The van der Waals surface area contributed by atoms with E-state index in [0.29, 0.717) is 11.4 Å². The minimum Gasteiger partial charge on any atom is -0.481 e. The number of hydrogen-bond acceptors (Lipinski definition) is 8. The molecular weight excluding hydrogens is 448 g/mol. The predicted molar refractivity (Wildman–Crippen MR) is 121 cm³/mol. The van der Waals surface area contributed by atoms with Crippen LogP contribution < -0.4 is 19.5 Å². The van der Waals surface area contributed by atoms with Crippen LogP contribution in [0.25, 0.3) is 6.08 Å². The number of esters is 1. The number of carbonyl (C=O) groups excluding carboxylic acids is 2. The molecule has 3 rings (SSSR count). The van der Waals surface area contributed by atoms with E-state index in [0.717, 1.165) is 5.56 Å². The van der Waals surface area contributed by atoms with Crippen molar-refractivity contribution in [1.29, 1.82) is 0 Å². The first kappa shape index (κ1) is 23.4. The number of ether oxygens (including phenoxy) is 2. The number of nitrogens with one attached hydrogen (secondary N) is 2. The molecule has 1 amide bonds. The highest BCUT2D eigenvalue weighted by atomic mass is 32.2. The van der Waals surface area contributed by atoms with Crippen LogP contribution in [0.3, 0.4) is 0 Å². The Morgan fingerprint density at radius 1 is 1.00 bits per heavy atom. The van der Waals surface area contributed by atoms with E-state index in [1.165, 1.54) is 56.8 Å². The molecule has 1 heterocycles. The lowest BCUT2D eigenvalue weighted by molar-refractivity contribution is -0.131. The van der Waals surface area contributed by atoms with Crippen LogP contribution in [0.4, 0.5) is 11.5 Å². The lowest BCUT2D eigenvalue weighted by Crippen LogP contribution is -2.14. The van der Waals surface area contributed by atoms with Crippen LogP contribution in [0, 0.1) is 0 Å². The van der Waals surface area contributed by atoms with Crippen LogP contribution in [-0.4, -0.2) is 37.4 Å². The Morgan fingerprint density at radius 2 is 1.70 bits per heavy atom. The summed E-state index contributed by atoms with van der Waals surface area (Å²) in [6.45, 7) is 1.31. The van der Waals surface area contributed by atoms with E-state index in [9.17, 15) is 18.0 Å². The Bertz CT molecular complexity index is 1270. The lowest BCUT2D eigenvalue weighted by Gasteiger charge is -2.09. The van der Waals surface area contributed by atoms with Gasteiger partial charge in [0.25, 0.3) is 10.0 Å². The SMILES string of the molecule is COc1cc(NS(=O)(=O)c2ccc(NC(=O)/C=C/c3ccc(OC(C)=O)cc3)cc2)ncn1. The van der Waals surface area contributed by atoms with Crippen LogP contribution in [-0.2, 0) is 19.6 Å². The zero-order valence-corrected chi connectivity index (χ0v) is 18.5. The van der Waals surface area contributed by atoms with Crippen molar-refractivity contribution < 1.29 is 27.5 Å². The zero-order chi connectivity index (χ0) is 23.8. The molecule has 0 atom stereocenters. The molecule has 0 aliphatic carbocycles. The number of anilines is 2. The van der Waals surface area contributed by atoms with Crippen LogP contribution >= 0.6 is 0 Å². The Morgan fingerprint density at radius 3 is 2.33 bits per heavy atom. The van der Waals surface area contributed by atoms with E-state index in [1.54, 1.807) is 30.3 Å². The van der Waals surface area contributed by atoms with Crippen molar-refractivity contribution in [3.63, 3.8) is 0 Å². The van der Waals surface area contributed by atoms with E-state index in [2.05, 4.69) is 20.0 Å². The molecule has 1 aromatic heterocycles. The van der Waals surface area contributed by atoms with Gasteiger partial charge in [-0.25, -0.2) is 18.4 Å². The molecule has 0 bridgehead atoms. The first-order chi connectivity index (χ1) is 15.7. The van der Waals surface area contributed by atoms with Crippen LogP contribution in [0.15, 0.2) is 71.9 Å². The van der Waals surface area contributed by atoms with Gasteiger partial charge in [0.15, 0.2) is 0 Å². The van der Waals surface area contributed by atoms with Gasteiger partial charge in [-0.1, -0.05) is 12.1 Å². The second kappa shape index (κ2) is 10.4. The Kier molecular flexibility index (Phi) is 7.36. The second-order valence-corrected chi connectivity index (χ2v) is 8.24. The number of benzene rings is 2. The molecule has 0 aliphatic heterocycles. The summed E-state index contributed by atoms with van der Waals surface area (Å²) >= 11 is 0. The van der Waals surface area contributed by atoms with Gasteiger partial charge < -0.3 is 14.8 Å². The summed E-state index contributed by atoms with van der Waals surface area (Å²) in [5.41, 5.74) is 1.15. The molecule has 33 heavy (non-hydrogen) atoms. The quantitative estimate of drug-likeness (QED) is 0.293. The van der Waals surface area contributed by atoms with Crippen molar-refractivity contribution >= 4 is 39.5 Å². The number of carbonyl (C=O) groups is 2. The summed E-state index contributed by atoms with van der Waals surface area (Å²) in [4.78, 5) is 30.7. The number of aromatic nitrogens is 2. The maximum atomic E-state index is 12.5. The topological polar surface area (TPSA) is 137 Å². The summed E-state index contributed by atoms with van der Waals surface area (Å²) in [6.07, 6.45) is 4.10. The van der Waals surface area contributed by atoms with E-state index >= 15 is 0 Å². The number of nitrogens with zero attached hydrogens (tertiary/aromatic N) is 2. The van der Waals surface area contributed by atoms with Gasteiger partial charge in [0.1, 0.15) is 17.9 Å². The minimum absolute atomic E-state index is 0.0125. The largest absolute Gasteiger partial charge is 0.481 e. The smallest absolute Gasteiger partial charge is 0.308 e. The maximum absolute atomic E-state index is 12.5. The van der Waals surface area contributed by atoms with Crippen LogP contribution in [0.1, 0.15) is 12.5 Å². The molecule has 2 aromatic carbocycles. The fourth-order valence-electron chi connectivity index (χ4n) is 2.59. The molecule has 170 valence electrons. The molecule has 0 saturated carbocycles. The van der Waals surface area contributed by atoms with Crippen LogP contribution in [0.2, 0.25) is 0 Å². The van der Waals surface area contributed by atoms with Crippen molar-refractivity contribution in [2.24, 2.45) is 0 Å². The Labute approximate surface area is 190 Å². The van der Waals surface area contributed by atoms with Gasteiger partial charge in [0.05, 0.1) is 12.0 Å². The first-order valence-electron chi connectivity index (χ1n) is 9.51. The van der Waals surface area contributed by atoms with E-state index in [-0.39, 0.29) is 16.6 Å². The molecule has 10 nitrogen and oxygen atoms in total. The third-order valence-electron chi connectivity index (χ3n) is 4.09. The monoisotopic (exact) mass is 468 g/mol. The molecule has 3 aromatic rings. The van der Waals surface area contributed by atoms with Crippen LogP contribution in [0.5, 0.6) is 11.6 Å². The molecule has 0 unspecified atom stereocenters. The van der Waals surface area contributed by atoms with E-state index < -0.39 is 21.9 Å². The summed E-state index contributed by atoms with van der Waals surface area (Å²) < 4.78 is 37.3. The third-order valence-corrected chi connectivity index (χ3v) is 5.46. The highest BCUT2D eigenvalue weighted by Gasteiger charge is 2.15. The van der Waals surface area contributed by atoms with Crippen molar-refractivity contribution in [3.05, 3.63) is 72.6 Å². The zero-order valence-electron chi connectivity index (χ0n) is 17.7. The Balaban J connectivity index is 1.60. The van der Waals surface area contributed by atoms with Gasteiger partial charge >= 0.3 is 5.97 Å². The van der Waals surface area contributed by atoms with Crippen molar-refractivity contribution in [2.75, 3.05) is 17.1 Å². The fourth-order valence-corrected chi connectivity index (χ4v) is 3.59. The molecule has 0 spiro atoms. The number of hydrogen-bond donors (Lipinski definition) is 2. The summed E-state index contributed by atoms with van der Waals surface area (Å²) in [5.74, 6) is -0.130. The normalized spacial score (nSPS) is 11.1. The van der Waals surface area contributed by atoms with E-state index in [4.69, 9.17) is 9.47 Å². The first-order valence-corrected chi connectivity index (χ1v) is 11.0. The molecule has 11 heteroatoms. The number of amides is 1. The van der Waals surface area contributed by atoms with Gasteiger partial charge in [0, 0.05) is 24.8 Å². The average Bonchev–Trinajstić information content (AvgIpc) is 2.78. The van der Waals surface area contributed by atoms with Gasteiger partial charge in [-0.3, -0.25) is 14.3 Å². The van der Waals surface area contributed by atoms with E-state index in [1.807, 2.05) is 0 Å².